The van der Waals surface area contributed by atoms with E-state index in [1.54, 1.807) is 60.7 Å². The van der Waals surface area contributed by atoms with Crippen LogP contribution in [0.15, 0.2) is 84.9 Å². The molecule has 0 heterocycles. The molecule has 154 valence electrons. The van der Waals surface area contributed by atoms with Crippen LogP contribution >= 0.6 is 0 Å². The van der Waals surface area contributed by atoms with Crippen LogP contribution in [0.25, 0.3) is 0 Å². The summed E-state index contributed by atoms with van der Waals surface area (Å²) in [5.41, 5.74) is 0.0570. The van der Waals surface area contributed by atoms with Crippen LogP contribution in [0, 0.1) is 0 Å². The van der Waals surface area contributed by atoms with Gasteiger partial charge in [-0.15, -0.1) is 0 Å². The van der Waals surface area contributed by atoms with Crippen molar-refractivity contribution in [3.63, 3.8) is 0 Å². The Morgan fingerprint density at radius 3 is 1.80 bits per heavy atom. The molecule has 3 aromatic rings. The van der Waals surface area contributed by atoms with Gasteiger partial charge in [0.25, 0.3) is 5.91 Å². The summed E-state index contributed by atoms with van der Waals surface area (Å²) in [6, 6.07) is 20.0. The van der Waals surface area contributed by atoms with E-state index >= 15 is 0 Å². The summed E-state index contributed by atoms with van der Waals surface area (Å²) in [5.74, 6) is -2.93. The summed E-state index contributed by atoms with van der Waals surface area (Å²) in [7, 11) is 0. The van der Waals surface area contributed by atoms with Crippen LogP contribution in [0.2, 0.25) is 0 Å². The molecule has 0 spiro atoms. The highest BCUT2D eigenvalue weighted by atomic mass is 19.4. The largest absolute Gasteiger partial charge is 0.480 e. The molecule has 0 aromatic heterocycles. The van der Waals surface area contributed by atoms with Gasteiger partial charge in [-0.3, -0.25) is 4.79 Å². The fourth-order valence-corrected chi connectivity index (χ4v) is 3.25. The topological polar surface area (TPSA) is 66.4 Å². The smallest absolute Gasteiger partial charge is 0.416 e. The first kappa shape index (κ1) is 21.1. The quantitative estimate of drug-likeness (QED) is 0.615. The Kier molecular flexibility index (Phi) is 6.20. The van der Waals surface area contributed by atoms with Gasteiger partial charge < -0.3 is 10.4 Å². The van der Waals surface area contributed by atoms with Crippen molar-refractivity contribution in [1.82, 2.24) is 5.32 Å². The van der Waals surface area contributed by atoms with Gasteiger partial charge in [-0.25, -0.2) is 4.79 Å². The van der Waals surface area contributed by atoms with E-state index < -0.39 is 35.6 Å². The SMILES string of the molecule is O=C(N[C@H](C(=O)O)C(c1ccccc1)c1ccccc1)c1cccc(C(F)(F)F)c1. The standard InChI is InChI=1S/C23H18F3NO3/c24-23(25,26)18-13-7-12-17(14-18)21(28)27-20(22(29)30)19(15-8-3-1-4-9-15)16-10-5-2-6-11-16/h1-14,19-20H,(H,27,28)(H,29,30)/t20-/m0/s1. The zero-order valence-corrected chi connectivity index (χ0v) is 15.6. The van der Waals surface area contributed by atoms with E-state index in [2.05, 4.69) is 5.32 Å². The number of rotatable bonds is 6. The number of benzene rings is 3. The Morgan fingerprint density at radius 1 is 0.800 bits per heavy atom. The van der Waals surface area contributed by atoms with Crippen molar-refractivity contribution in [3.8, 4) is 0 Å². The van der Waals surface area contributed by atoms with Crippen LogP contribution in [0.3, 0.4) is 0 Å². The Balaban J connectivity index is 1.97. The fourth-order valence-electron chi connectivity index (χ4n) is 3.25. The number of aliphatic carboxylic acids is 1. The lowest BCUT2D eigenvalue weighted by atomic mass is 9.85. The molecular weight excluding hydrogens is 395 g/mol. The molecule has 0 unspecified atom stereocenters. The van der Waals surface area contributed by atoms with Gasteiger partial charge in [0, 0.05) is 11.5 Å². The summed E-state index contributed by atoms with van der Waals surface area (Å²) in [4.78, 5) is 24.7. The van der Waals surface area contributed by atoms with Crippen LogP contribution in [0.5, 0.6) is 0 Å². The van der Waals surface area contributed by atoms with Crippen molar-refractivity contribution < 1.29 is 27.9 Å². The fraction of sp³-hybridized carbons (Fsp3) is 0.130. The molecule has 1 atom stereocenters. The Bertz CT molecular complexity index is 981. The van der Waals surface area contributed by atoms with E-state index in [9.17, 15) is 27.9 Å². The number of alkyl halides is 3. The van der Waals surface area contributed by atoms with Crippen molar-refractivity contribution in [2.75, 3.05) is 0 Å². The molecule has 0 aliphatic carbocycles. The number of carbonyl (C=O) groups is 2. The van der Waals surface area contributed by atoms with Gasteiger partial charge in [-0.1, -0.05) is 66.7 Å². The molecule has 0 aliphatic heterocycles. The molecule has 0 radical (unpaired) electrons. The first-order valence-electron chi connectivity index (χ1n) is 9.08. The van der Waals surface area contributed by atoms with Gasteiger partial charge in [0.15, 0.2) is 0 Å². The molecular formula is C23H18F3NO3. The summed E-state index contributed by atoms with van der Waals surface area (Å²) < 4.78 is 38.9. The number of carboxylic acids is 1. The zero-order chi connectivity index (χ0) is 21.7. The van der Waals surface area contributed by atoms with Crippen LogP contribution in [-0.2, 0) is 11.0 Å². The normalized spacial score (nSPS) is 12.4. The second-order valence-electron chi connectivity index (χ2n) is 6.67. The molecule has 2 N–H and O–H groups in total. The molecule has 1 amide bonds. The van der Waals surface area contributed by atoms with Gasteiger partial charge in [0.1, 0.15) is 6.04 Å². The number of carboxylic acid groups (broad SMARTS) is 1. The van der Waals surface area contributed by atoms with E-state index in [1.807, 2.05) is 0 Å². The second-order valence-corrected chi connectivity index (χ2v) is 6.67. The number of hydrogen-bond donors (Lipinski definition) is 2. The summed E-state index contributed by atoms with van der Waals surface area (Å²) in [6.45, 7) is 0. The second kappa shape index (κ2) is 8.82. The van der Waals surface area contributed by atoms with E-state index in [0.717, 1.165) is 12.1 Å². The minimum Gasteiger partial charge on any atom is -0.480 e. The van der Waals surface area contributed by atoms with Crippen LogP contribution < -0.4 is 5.32 Å². The van der Waals surface area contributed by atoms with Gasteiger partial charge in [-0.2, -0.15) is 13.2 Å². The van der Waals surface area contributed by atoms with Crippen LogP contribution in [0.4, 0.5) is 13.2 Å². The first-order chi connectivity index (χ1) is 14.3. The van der Waals surface area contributed by atoms with Gasteiger partial charge in [0.05, 0.1) is 5.56 Å². The number of nitrogens with one attached hydrogen (secondary N) is 1. The lowest BCUT2D eigenvalue weighted by Crippen LogP contribution is -2.45. The third-order valence-corrected chi connectivity index (χ3v) is 4.66. The number of amides is 1. The lowest BCUT2D eigenvalue weighted by Gasteiger charge is -2.26. The number of halogens is 3. The average molecular weight is 413 g/mol. The minimum atomic E-state index is -4.61. The van der Waals surface area contributed by atoms with Crippen molar-refractivity contribution in [3.05, 3.63) is 107 Å². The number of carbonyl (C=O) groups excluding carboxylic acids is 1. The highest BCUT2D eigenvalue weighted by Gasteiger charge is 2.34. The van der Waals surface area contributed by atoms with Gasteiger partial charge in [0.2, 0.25) is 0 Å². The zero-order valence-electron chi connectivity index (χ0n) is 15.6. The maximum absolute atomic E-state index is 13.0. The average Bonchev–Trinajstić information content (AvgIpc) is 2.74. The predicted molar refractivity (Wildman–Crippen MR) is 105 cm³/mol. The lowest BCUT2D eigenvalue weighted by molar-refractivity contribution is -0.140. The van der Waals surface area contributed by atoms with E-state index in [4.69, 9.17) is 0 Å². The monoisotopic (exact) mass is 413 g/mol. The Morgan fingerprint density at radius 2 is 1.33 bits per heavy atom. The van der Waals surface area contributed by atoms with Crippen molar-refractivity contribution in [2.45, 2.75) is 18.1 Å². The molecule has 0 bridgehead atoms. The molecule has 0 fully saturated rings. The molecule has 4 nitrogen and oxygen atoms in total. The maximum atomic E-state index is 13.0. The summed E-state index contributed by atoms with van der Waals surface area (Å²) >= 11 is 0. The van der Waals surface area contributed by atoms with Gasteiger partial charge in [-0.05, 0) is 29.3 Å². The maximum Gasteiger partial charge on any atom is 0.416 e. The van der Waals surface area contributed by atoms with E-state index in [1.165, 1.54) is 6.07 Å². The third kappa shape index (κ3) is 4.86. The predicted octanol–water partition coefficient (Wildman–Crippen LogP) is 4.72. The number of hydrogen-bond acceptors (Lipinski definition) is 2. The van der Waals surface area contributed by atoms with Gasteiger partial charge >= 0.3 is 12.1 Å². The Hall–Kier alpha value is -3.61. The van der Waals surface area contributed by atoms with E-state index in [0.29, 0.717) is 17.2 Å². The summed E-state index contributed by atoms with van der Waals surface area (Å²) in [5, 5.41) is 12.3. The molecule has 0 saturated heterocycles. The third-order valence-electron chi connectivity index (χ3n) is 4.66. The molecule has 0 aliphatic rings. The van der Waals surface area contributed by atoms with Crippen LogP contribution in [-0.4, -0.2) is 23.0 Å². The summed E-state index contributed by atoms with van der Waals surface area (Å²) in [6.07, 6.45) is -4.61. The highest BCUT2D eigenvalue weighted by molar-refractivity contribution is 5.97. The van der Waals surface area contributed by atoms with Crippen LogP contribution in [0.1, 0.15) is 33.0 Å². The van der Waals surface area contributed by atoms with Crippen molar-refractivity contribution in [2.24, 2.45) is 0 Å². The Labute approximate surface area is 171 Å². The minimum absolute atomic E-state index is 0.268. The van der Waals surface area contributed by atoms with Crippen molar-refractivity contribution in [1.29, 1.82) is 0 Å². The molecule has 0 saturated carbocycles. The molecule has 3 aromatic carbocycles. The van der Waals surface area contributed by atoms with E-state index in [-0.39, 0.29) is 5.56 Å². The molecule has 3 rings (SSSR count). The highest BCUT2D eigenvalue weighted by Crippen LogP contribution is 2.31. The first-order valence-corrected chi connectivity index (χ1v) is 9.08. The van der Waals surface area contributed by atoms with Crippen molar-refractivity contribution >= 4 is 11.9 Å². The molecule has 7 heteroatoms. The molecule has 30 heavy (non-hydrogen) atoms.